The van der Waals surface area contributed by atoms with Gasteiger partial charge in [-0.25, -0.2) is 0 Å². The largest absolute Gasteiger partial charge is 0.467 e. The van der Waals surface area contributed by atoms with Gasteiger partial charge in [0, 0.05) is 7.05 Å². The number of hydrogen-bond donors (Lipinski definition) is 1. The number of carbonyl (C=O) groups excluding carboxylic acids is 2. The molecule has 5 heteroatoms. The maximum atomic E-state index is 12.1. The van der Waals surface area contributed by atoms with Gasteiger partial charge < -0.3 is 4.42 Å². The molecule has 3 rings (SSSR count). The van der Waals surface area contributed by atoms with Gasteiger partial charge in [0.05, 0.1) is 24.8 Å². The van der Waals surface area contributed by atoms with Gasteiger partial charge in [0.2, 0.25) is 11.8 Å². The average Bonchev–Trinajstić information content (AvgIpc) is 3.11. The highest BCUT2D eigenvalue weighted by molar-refractivity contribution is 6.05. The Kier molecular flexibility index (Phi) is 3.58. The first-order chi connectivity index (χ1) is 10.2. The van der Waals surface area contributed by atoms with Gasteiger partial charge >= 0.3 is 0 Å². The molecule has 0 radical (unpaired) electrons. The van der Waals surface area contributed by atoms with Crippen molar-refractivity contribution < 1.29 is 14.0 Å². The molecule has 1 aromatic carbocycles. The molecule has 5 nitrogen and oxygen atoms in total. The molecule has 0 aliphatic carbocycles. The number of furan rings is 1. The van der Waals surface area contributed by atoms with Crippen molar-refractivity contribution in [1.82, 2.24) is 10.2 Å². The number of rotatable bonds is 4. The lowest BCUT2D eigenvalue weighted by Crippen LogP contribution is -2.39. The van der Waals surface area contributed by atoms with Gasteiger partial charge in [-0.1, -0.05) is 30.3 Å². The lowest BCUT2D eigenvalue weighted by atomic mass is 10.0. The van der Waals surface area contributed by atoms with Gasteiger partial charge in [-0.3, -0.25) is 19.8 Å². The van der Waals surface area contributed by atoms with Crippen molar-refractivity contribution in [3.8, 4) is 0 Å². The third kappa shape index (κ3) is 2.60. The maximum absolute atomic E-state index is 12.1. The second-order valence-corrected chi connectivity index (χ2v) is 5.07. The third-order valence-electron chi connectivity index (χ3n) is 3.71. The zero-order valence-corrected chi connectivity index (χ0v) is 11.7. The van der Waals surface area contributed by atoms with Crippen LogP contribution in [0, 0.1) is 0 Å². The molecule has 1 aliphatic heterocycles. The smallest absolute Gasteiger partial charge is 0.246 e. The van der Waals surface area contributed by atoms with Crippen LogP contribution in [-0.2, 0) is 9.59 Å². The summed E-state index contributed by atoms with van der Waals surface area (Å²) in [4.78, 5) is 24.9. The molecule has 108 valence electrons. The zero-order chi connectivity index (χ0) is 14.8. The summed E-state index contributed by atoms with van der Waals surface area (Å²) in [5.41, 5.74) is 0.988. The zero-order valence-electron chi connectivity index (χ0n) is 11.7. The van der Waals surface area contributed by atoms with Crippen molar-refractivity contribution in [2.45, 2.75) is 18.5 Å². The minimum atomic E-state index is -0.516. The molecule has 1 aliphatic rings. The Balaban J connectivity index is 1.88. The SMILES string of the molecule is CN1C(=O)CC(NC(c2ccccc2)c2ccco2)C1=O. The van der Waals surface area contributed by atoms with Crippen LogP contribution in [0.4, 0.5) is 0 Å². The van der Waals surface area contributed by atoms with Crippen molar-refractivity contribution in [3.05, 3.63) is 60.1 Å². The van der Waals surface area contributed by atoms with E-state index >= 15 is 0 Å². The van der Waals surface area contributed by atoms with Crippen LogP contribution in [0.1, 0.15) is 23.8 Å². The summed E-state index contributed by atoms with van der Waals surface area (Å²) in [6.45, 7) is 0. The summed E-state index contributed by atoms with van der Waals surface area (Å²) in [5, 5.41) is 3.24. The summed E-state index contributed by atoms with van der Waals surface area (Å²) < 4.78 is 5.48. The topological polar surface area (TPSA) is 62.6 Å². The van der Waals surface area contributed by atoms with Crippen molar-refractivity contribution in [2.75, 3.05) is 7.05 Å². The Morgan fingerprint density at radius 1 is 1.19 bits per heavy atom. The van der Waals surface area contributed by atoms with Crippen LogP contribution in [0.25, 0.3) is 0 Å². The number of benzene rings is 1. The van der Waals surface area contributed by atoms with Crippen molar-refractivity contribution in [3.63, 3.8) is 0 Å². The predicted octanol–water partition coefficient (Wildman–Crippen LogP) is 1.72. The molecule has 1 saturated heterocycles. The quantitative estimate of drug-likeness (QED) is 0.868. The van der Waals surface area contributed by atoms with Gasteiger partial charge in [0.1, 0.15) is 5.76 Å². The lowest BCUT2D eigenvalue weighted by molar-refractivity contribution is -0.137. The van der Waals surface area contributed by atoms with Gasteiger partial charge in [-0.15, -0.1) is 0 Å². The summed E-state index contributed by atoms with van der Waals surface area (Å²) in [5.74, 6) is 0.354. The van der Waals surface area contributed by atoms with Crippen LogP contribution in [0.3, 0.4) is 0 Å². The Morgan fingerprint density at radius 2 is 1.95 bits per heavy atom. The Hall–Kier alpha value is -2.40. The van der Waals surface area contributed by atoms with Gasteiger partial charge in [0.25, 0.3) is 0 Å². The normalized spacial score (nSPS) is 20.0. The van der Waals surface area contributed by atoms with E-state index in [0.717, 1.165) is 11.3 Å². The summed E-state index contributed by atoms with van der Waals surface area (Å²) >= 11 is 0. The number of imide groups is 1. The fourth-order valence-corrected chi connectivity index (χ4v) is 2.53. The highest BCUT2D eigenvalue weighted by Crippen LogP contribution is 2.25. The maximum Gasteiger partial charge on any atom is 0.246 e. The fraction of sp³-hybridized carbons (Fsp3) is 0.250. The number of likely N-dealkylation sites (tertiary alicyclic amines) is 1. The number of nitrogens with zero attached hydrogens (tertiary/aromatic N) is 1. The molecule has 2 heterocycles. The molecule has 21 heavy (non-hydrogen) atoms. The average molecular weight is 284 g/mol. The van der Waals surface area contributed by atoms with Crippen molar-refractivity contribution in [1.29, 1.82) is 0 Å². The molecule has 1 fully saturated rings. The van der Waals surface area contributed by atoms with Crippen molar-refractivity contribution >= 4 is 11.8 Å². The Labute approximate surface area is 122 Å². The van der Waals surface area contributed by atoms with E-state index in [1.807, 2.05) is 36.4 Å². The van der Waals surface area contributed by atoms with Crippen LogP contribution < -0.4 is 5.32 Å². The molecule has 0 bridgehead atoms. The van der Waals surface area contributed by atoms with E-state index in [1.165, 1.54) is 11.9 Å². The summed E-state index contributed by atoms with van der Waals surface area (Å²) in [7, 11) is 1.51. The lowest BCUT2D eigenvalue weighted by Gasteiger charge is -2.20. The van der Waals surface area contributed by atoms with Crippen LogP contribution in [-0.4, -0.2) is 29.8 Å². The molecule has 1 N–H and O–H groups in total. The minimum absolute atomic E-state index is 0.163. The fourth-order valence-electron chi connectivity index (χ4n) is 2.53. The van der Waals surface area contributed by atoms with E-state index in [0.29, 0.717) is 0 Å². The molecule has 0 saturated carbocycles. The molecule has 2 aromatic rings. The van der Waals surface area contributed by atoms with E-state index < -0.39 is 6.04 Å². The molecule has 2 unspecified atom stereocenters. The van der Waals surface area contributed by atoms with Gasteiger partial charge in [0.15, 0.2) is 0 Å². The number of nitrogens with one attached hydrogen (secondary N) is 1. The number of hydrogen-bond acceptors (Lipinski definition) is 4. The minimum Gasteiger partial charge on any atom is -0.467 e. The highest BCUT2D eigenvalue weighted by Gasteiger charge is 2.37. The monoisotopic (exact) mass is 284 g/mol. The molecule has 1 aromatic heterocycles. The van der Waals surface area contributed by atoms with Crippen LogP contribution in [0.5, 0.6) is 0 Å². The predicted molar refractivity (Wildman–Crippen MR) is 76.3 cm³/mol. The molecule has 2 amide bonds. The first-order valence-corrected chi connectivity index (χ1v) is 6.81. The Morgan fingerprint density at radius 3 is 2.52 bits per heavy atom. The summed E-state index contributed by atoms with van der Waals surface area (Å²) in [6, 6.07) is 12.6. The van der Waals surface area contributed by atoms with Gasteiger partial charge in [-0.2, -0.15) is 0 Å². The van der Waals surface area contributed by atoms with Crippen molar-refractivity contribution in [2.24, 2.45) is 0 Å². The molecule has 2 atom stereocenters. The van der Waals surface area contributed by atoms with E-state index in [-0.39, 0.29) is 24.3 Å². The van der Waals surface area contributed by atoms with E-state index in [1.54, 1.807) is 12.3 Å². The van der Waals surface area contributed by atoms with Gasteiger partial charge in [-0.05, 0) is 17.7 Å². The van der Waals surface area contributed by atoms with Crippen LogP contribution in [0.2, 0.25) is 0 Å². The number of likely N-dealkylation sites (N-methyl/N-ethyl adjacent to an activating group) is 1. The van der Waals surface area contributed by atoms with E-state index in [2.05, 4.69) is 5.32 Å². The summed E-state index contributed by atoms with van der Waals surface area (Å²) in [6.07, 6.45) is 1.78. The van der Waals surface area contributed by atoms with E-state index in [9.17, 15) is 9.59 Å². The number of carbonyl (C=O) groups is 2. The molecular formula is C16H16N2O3. The molecule has 0 spiro atoms. The second kappa shape index (κ2) is 5.54. The van der Waals surface area contributed by atoms with E-state index in [4.69, 9.17) is 4.42 Å². The highest BCUT2D eigenvalue weighted by atomic mass is 16.3. The molecular weight excluding hydrogens is 268 g/mol. The van der Waals surface area contributed by atoms with Crippen LogP contribution >= 0.6 is 0 Å². The first kappa shape index (κ1) is 13.6. The first-order valence-electron chi connectivity index (χ1n) is 6.81. The Bertz CT molecular complexity index is 637. The number of amides is 2. The third-order valence-corrected chi connectivity index (χ3v) is 3.71. The second-order valence-electron chi connectivity index (χ2n) is 5.07. The standard InChI is InChI=1S/C16H16N2O3/c1-18-14(19)10-12(16(18)20)17-15(13-8-5-9-21-13)11-6-3-2-4-7-11/h2-9,12,15,17H,10H2,1H3. The van der Waals surface area contributed by atoms with Crippen LogP contribution in [0.15, 0.2) is 53.1 Å².